The van der Waals surface area contributed by atoms with E-state index in [4.69, 9.17) is 4.98 Å². The van der Waals surface area contributed by atoms with Crippen LogP contribution in [-0.2, 0) is 0 Å². The summed E-state index contributed by atoms with van der Waals surface area (Å²) in [6, 6.07) is 10.6. The summed E-state index contributed by atoms with van der Waals surface area (Å²) in [7, 11) is 0. The lowest BCUT2D eigenvalue weighted by Crippen LogP contribution is -2.60. The number of anilines is 1. The third kappa shape index (κ3) is 4.39. The standard InChI is InChI=1S/C22H27N5S/c1-21(2)12-16(13-22(3,4)27-21)25-20-24-11-9-17(26-20)19-8-7-18(28-19)15-6-5-10-23-14-15/h5-11,14,16,27H,12-13H2,1-4H3,(H,24,25,26). The number of piperidine rings is 1. The normalized spacial score (nSPS) is 18.7. The van der Waals surface area contributed by atoms with Crippen LogP contribution < -0.4 is 10.6 Å². The van der Waals surface area contributed by atoms with Crippen molar-refractivity contribution in [2.24, 2.45) is 0 Å². The fourth-order valence-corrected chi connectivity index (χ4v) is 5.28. The zero-order valence-electron chi connectivity index (χ0n) is 16.9. The molecule has 4 rings (SSSR count). The van der Waals surface area contributed by atoms with E-state index in [2.05, 4.69) is 66.5 Å². The summed E-state index contributed by atoms with van der Waals surface area (Å²) in [6.45, 7) is 9.02. The summed E-state index contributed by atoms with van der Waals surface area (Å²) in [5.41, 5.74) is 2.25. The molecule has 4 heterocycles. The predicted molar refractivity (Wildman–Crippen MR) is 117 cm³/mol. The Kier molecular flexibility index (Phi) is 4.93. The van der Waals surface area contributed by atoms with E-state index in [-0.39, 0.29) is 11.1 Å². The molecule has 3 aromatic rings. The third-order valence-electron chi connectivity index (χ3n) is 4.98. The van der Waals surface area contributed by atoms with Crippen molar-refractivity contribution in [3.05, 3.63) is 48.9 Å². The minimum atomic E-state index is 0.0867. The summed E-state index contributed by atoms with van der Waals surface area (Å²) >= 11 is 1.73. The minimum absolute atomic E-state index is 0.0867. The number of nitrogens with zero attached hydrogens (tertiary/aromatic N) is 3. The molecule has 0 spiro atoms. The molecular weight excluding hydrogens is 366 g/mol. The van der Waals surface area contributed by atoms with Crippen LogP contribution in [0.15, 0.2) is 48.9 Å². The van der Waals surface area contributed by atoms with Crippen LogP contribution in [-0.4, -0.2) is 32.1 Å². The Labute approximate surface area is 170 Å². The van der Waals surface area contributed by atoms with E-state index >= 15 is 0 Å². The van der Waals surface area contributed by atoms with Crippen molar-refractivity contribution in [2.45, 2.75) is 57.7 Å². The second kappa shape index (κ2) is 7.26. The van der Waals surface area contributed by atoms with Crippen molar-refractivity contribution in [3.8, 4) is 21.0 Å². The quantitative estimate of drug-likeness (QED) is 0.654. The molecular formula is C22H27N5S. The third-order valence-corrected chi connectivity index (χ3v) is 6.14. The molecule has 1 aliphatic rings. The molecule has 0 radical (unpaired) electrons. The highest BCUT2D eigenvalue weighted by molar-refractivity contribution is 7.18. The molecule has 0 saturated carbocycles. The van der Waals surface area contributed by atoms with Crippen LogP contribution in [0.3, 0.4) is 0 Å². The summed E-state index contributed by atoms with van der Waals surface area (Å²) < 4.78 is 0. The monoisotopic (exact) mass is 393 g/mol. The Bertz CT molecular complexity index is 932. The Morgan fingerprint density at radius 2 is 1.75 bits per heavy atom. The zero-order chi connectivity index (χ0) is 19.8. The molecule has 5 nitrogen and oxygen atoms in total. The molecule has 146 valence electrons. The van der Waals surface area contributed by atoms with Gasteiger partial charge in [-0.15, -0.1) is 11.3 Å². The van der Waals surface area contributed by atoms with Crippen molar-refractivity contribution < 1.29 is 0 Å². The van der Waals surface area contributed by atoms with Crippen LogP contribution in [0.5, 0.6) is 0 Å². The highest BCUT2D eigenvalue weighted by Gasteiger charge is 2.37. The van der Waals surface area contributed by atoms with Gasteiger partial charge in [-0.2, -0.15) is 0 Å². The first kappa shape index (κ1) is 19.0. The molecule has 0 aliphatic carbocycles. The average Bonchev–Trinajstić information content (AvgIpc) is 3.10. The number of aromatic nitrogens is 3. The van der Waals surface area contributed by atoms with Gasteiger partial charge < -0.3 is 10.6 Å². The highest BCUT2D eigenvalue weighted by Crippen LogP contribution is 2.34. The molecule has 0 unspecified atom stereocenters. The molecule has 6 heteroatoms. The maximum atomic E-state index is 4.79. The highest BCUT2D eigenvalue weighted by atomic mass is 32.1. The predicted octanol–water partition coefficient (Wildman–Crippen LogP) is 4.99. The lowest BCUT2D eigenvalue weighted by molar-refractivity contribution is 0.170. The van der Waals surface area contributed by atoms with Crippen molar-refractivity contribution in [2.75, 3.05) is 5.32 Å². The maximum absolute atomic E-state index is 4.79. The maximum Gasteiger partial charge on any atom is 0.223 e. The van der Waals surface area contributed by atoms with Crippen LogP contribution in [0.2, 0.25) is 0 Å². The van der Waals surface area contributed by atoms with Crippen LogP contribution in [0.25, 0.3) is 21.0 Å². The molecule has 28 heavy (non-hydrogen) atoms. The van der Waals surface area contributed by atoms with Crippen molar-refractivity contribution >= 4 is 17.3 Å². The molecule has 3 aromatic heterocycles. The van der Waals surface area contributed by atoms with Gasteiger partial charge in [0.1, 0.15) is 0 Å². The minimum Gasteiger partial charge on any atom is -0.351 e. The first-order valence-corrected chi connectivity index (χ1v) is 10.5. The Balaban J connectivity index is 1.53. The Morgan fingerprint density at radius 1 is 1.00 bits per heavy atom. The molecule has 2 N–H and O–H groups in total. The van der Waals surface area contributed by atoms with Gasteiger partial charge in [-0.25, -0.2) is 9.97 Å². The molecule has 0 atom stereocenters. The van der Waals surface area contributed by atoms with E-state index in [1.54, 1.807) is 17.5 Å². The van der Waals surface area contributed by atoms with Gasteiger partial charge in [-0.05, 0) is 64.8 Å². The molecule has 0 bridgehead atoms. The second-order valence-electron chi connectivity index (χ2n) is 8.81. The Morgan fingerprint density at radius 3 is 2.46 bits per heavy atom. The van der Waals surface area contributed by atoms with Crippen LogP contribution in [0, 0.1) is 0 Å². The molecule has 0 amide bonds. The number of nitrogens with one attached hydrogen (secondary N) is 2. The summed E-state index contributed by atoms with van der Waals surface area (Å²) in [5.74, 6) is 0.701. The zero-order valence-corrected chi connectivity index (χ0v) is 17.7. The fourth-order valence-electron chi connectivity index (χ4n) is 4.31. The SMILES string of the molecule is CC1(C)CC(Nc2nccc(-c3ccc(-c4cccnc4)s3)n2)CC(C)(C)N1. The van der Waals surface area contributed by atoms with E-state index in [0.717, 1.165) is 29.0 Å². The van der Waals surface area contributed by atoms with Crippen molar-refractivity contribution in [1.82, 2.24) is 20.3 Å². The fraction of sp³-hybridized carbons (Fsp3) is 0.409. The average molecular weight is 394 g/mol. The molecule has 1 fully saturated rings. The van der Waals surface area contributed by atoms with Crippen molar-refractivity contribution in [1.29, 1.82) is 0 Å². The number of pyridine rings is 1. The molecule has 1 aliphatic heterocycles. The van der Waals surface area contributed by atoms with Gasteiger partial charge in [0, 0.05) is 46.2 Å². The van der Waals surface area contributed by atoms with Gasteiger partial charge >= 0.3 is 0 Å². The summed E-state index contributed by atoms with van der Waals surface area (Å²) in [6.07, 6.45) is 7.60. The number of hydrogen-bond acceptors (Lipinski definition) is 6. The van der Waals surface area contributed by atoms with Crippen LogP contribution >= 0.6 is 11.3 Å². The summed E-state index contributed by atoms with van der Waals surface area (Å²) in [4.78, 5) is 15.8. The van der Waals surface area contributed by atoms with Gasteiger partial charge in [0.2, 0.25) is 5.95 Å². The number of hydrogen-bond donors (Lipinski definition) is 2. The molecule has 0 aromatic carbocycles. The van der Waals surface area contributed by atoms with Gasteiger partial charge in [-0.1, -0.05) is 6.07 Å². The smallest absolute Gasteiger partial charge is 0.223 e. The van der Waals surface area contributed by atoms with E-state index in [1.165, 1.54) is 4.88 Å². The van der Waals surface area contributed by atoms with E-state index < -0.39 is 0 Å². The Hall–Kier alpha value is -2.31. The van der Waals surface area contributed by atoms with Gasteiger partial charge in [-0.3, -0.25) is 4.98 Å². The van der Waals surface area contributed by atoms with E-state index in [1.807, 2.05) is 24.5 Å². The van der Waals surface area contributed by atoms with Gasteiger partial charge in [0.15, 0.2) is 0 Å². The van der Waals surface area contributed by atoms with Crippen LogP contribution in [0.1, 0.15) is 40.5 Å². The summed E-state index contributed by atoms with van der Waals surface area (Å²) in [5, 5.41) is 7.29. The number of rotatable bonds is 4. The first-order valence-electron chi connectivity index (χ1n) is 9.69. The van der Waals surface area contributed by atoms with E-state index in [0.29, 0.717) is 12.0 Å². The number of thiophene rings is 1. The largest absolute Gasteiger partial charge is 0.351 e. The second-order valence-corrected chi connectivity index (χ2v) is 9.90. The topological polar surface area (TPSA) is 62.7 Å². The van der Waals surface area contributed by atoms with Gasteiger partial charge in [0.05, 0.1) is 10.6 Å². The first-order chi connectivity index (χ1) is 13.3. The molecule has 1 saturated heterocycles. The van der Waals surface area contributed by atoms with Gasteiger partial charge in [0.25, 0.3) is 0 Å². The lowest BCUT2D eigenvalue weighted by Gasteiger charge is -2.46. The lowest BCUT2D eigenvalue weighted by atomic mass is 9.80. The van der Waals surface area contributed by atoms with Crippen LogP contribution in [0.4, 0.5) is 5.95 Å². The van der Waals surface area contributed by atoms with Crippen molar-refractivity contribution in [3.63, 3.8) is 0 Å². The van der Waals surface area contributed by atoms with E-state index in [9.17, 15) is 0 Å².